The van der Waals surface area contributed by atoms with Gasteiger partial charge in [-0.25, -0.2) is 8.42 Å². The van der Waals surface area contributed by atoms with Gasteiger partial charge < -0.3 is 24.2 Å². The number of benzene rings is 4. The van der Waals surface area contributed by atoms with E-state index in [0.29, 0.717) is 35.5 Å². The first-order valence-electron chi connectivity index (χ1n) is 18.9. The van der Waals surface area contributed by atoms with Gasteiger partial charge in [-0.3, -0.25) is 4.55 Å². The third-order valence-corrected chi connectivity index (χ3v) is 10.8. The van der Waals surface area contributed by atoms with Crippen LogP contribution >= 0.6 is 0 Å². The van der Waals surface area contributed by atoms with Gasteiger partial charge in [0.15, 0.2) is 11.5 Å². The fourth-order valence-electron chi connectivity index (χ4n) is 6.08. The van der Waals surface area contributed by atoms with Crippen LogP contribution in [0.2, 0.25) is 0 Å². The van der Waals surface area contributed by atoms with Crippen LogP contribution in [-0.4, -0.2) is 68.8 Å². The van der Waals surface area contributed by atoms with Gasteiger partial charge in [-0.2, -0.15) is 8.42 Å². The number of para-hydroxylation sites is 2. The summed E-state index contributed by atoms with van der Waals surface area (Å²) in [6.07, 6.45) is 16.2. The molecule has 0 bridgehead atoms. The second-order valence-electron chi connectivity index (χ2n) is 13.3. The van der Waals surface area contributed by atoms with Crippen LogP contribution < -0.4 is 14.6 Å². The number of aryl methyl sites for hydroxylation is 2. The maximum absolute atomic E-state index is 12.2. The molecular weight excluding hydrogens is 769 g/mol. The molecule has 4 aromatic rings. The molecule has 0 atom stereocenters. The minimum Gasteiger partial charge on any atom is -0.870 e. The van der Waals surface area contributed by atoms with Crippen LogP contribution in [-0.2, 0) is 33.1 Å². The van der Waals surface area contributed by atoms with Crippen LogP contribution in [0, 0.1) is 0 Å². The Kier molecular flexibility index (Phi) is 22.3. The number of hydrogen-bond acceptors (Lipinski definition) is 9. The first-order chi connectivity index (χ1) is 25.9. The molecule has 55 heavy (non-hydrogen) atoms. The molecule has 0 aliphatic heterocycles. The summed E-state index contributed by atoms with van der Waals surface area (Å²) in [7, 11) is -9.38. The van der Waals surface area contributed by atoms with Gasteiger partial charge in [-0.1, -0.05) is 151 Å². The normalized spacial score (nSPS) is 11.3. The predicted molar refractivity (Wildman–Crippen MR) is 214 cm³/mol. The molecule has 0 spiro atoms. The van der Waals surface area contributed by atoms with Gasteiger partial charge in [0, 0.05) is 0 Å². The van der Waals surface area contributed by atoms with E-state index in [2.05, 4.69) is 13.8 Å². The van der Waals surface area contributed by atoms with E-state index in [9.17, 15) is 36.2 Å². The molecule has 2 N–H and O–H groups in total. The average Bonchev–Trinajstić information content (AvgIpc) is 3.13. The summed E-state index contributed by atoms with van der Waals surface area (Å²) < 4.78 is 80.3. The fraction of sp³-hybridized carbons (Fsp3) is 0.429. The summed E-state index contributed by atoms with van der Waals surface area (Å²) in [6.45, 7) is 4.34. The molecule has 4 aromatic carbocycles. The van der Waals surface area contributed by atoms with E-state index < -0.39 is 36.6 Å². The van der Waals surface area contributed by atoms with Gasteiger partial charge in [0.25, 0.3) is 10.1 Å². The monoisotopic (exact) mass is 822 g/mol. The standard InChI is InChI=1S/2C21H28O5S.Ca/c2*1-2-3-4-5-6-7-9-12-17-15-16-19(22)20(21(17)27(23,24)25)26-18-13-10-8-11-14-18;/h2*8,10-11,13-16,22H,2-7,9,12H2,1H3,(H,23,24,25);/q;;+2/p-2. The van der Waals surface area contributed by atoms with Crippen molar-refractivity contribution in [2.24, 2.45) is 0 Å². The van der Waals surface area contributed by atoms with E-state index in [1.807, 2.05) is 0 Å². The van der Waals surface area contributed by atoms with E-state index in [0.717, 1.165) is 44.9 Å². The van der Waals surface area contributed by atoms with Gasteiger partial charge in [-0.05, 0) is 67.1 Å². The van der Waals surface area contributed by atoms with Gasteiger partial charge in [-0.15, -0.1) is 0 Å². The molecule has 0 aliphatic carbocycles. The van der Waals surface area contributed by atoms with Gasteiger partial charge in [0.2, 0.25) is 0 Å². The van der Waals surface area contributed by atoms with Crippen molar-refractivity contribution in [1.82, 2.24) is 0 Å². The molecule has 13 heteroatoms. The maximum atomic E-state index is 12.2. The van der Waals surface area contributed by atoms with E-state index in [1.165, 1.54) is 69.2 Å². The summed E-state index contributed by atoms with van der Waals surface area (Å²) in [5.41, 5.74) is 0.805. The van der Waals surface area contributed by atoms with Crippen molar-refractivity contribution in [3.05, 3.63) is 96.1 Å². The summed E-state index contributed by atoms with van der Waals surface area (Å²) in [5, 5.41) is 22.3. The number of phenols is 1. The zero-order chi connectivity index (χ0) is 39.4. The van der Waals surface area contributed by atoms with Crippen molar-refractivity contribution in [2.45, 2.75) is 126 Å². The minimum absolute atomic E-state index is 0. The molecule has 0 aromatic heterocycles. The Bertz CT molecular complexity index is 1780. The van der Waals surface area contributed by atoms with Gasteiger partial charge >= 0.3 is 37.7 Å². The molecule has 296 valence electrons. The Morgan fingerprint density at radius 3 is 1.38 bits per heavy atom. The zero-order valence-electron chi connectivity index (χ0n) is 32.1. The SMILES string of the molecule is CCCCCCCCCc1ccc(O)c(Oc2ccccc2)c1S(=O)(=O)O.CCCCCCCCCc1ccc([O-])c(Oc2ccccc2)c1S(=O)(=O)[O-].[Ca+2]. The Morgan fingerprint density at radius 1 is 0.545 bits per heavy atom. The minimum atomic E-state index is -4.84. The first-order valence-corrected chi connectivity index (χ1v) is 21.8. The fourth-order valence-corrected chi connectivity index (χ4v) is 7.82. The second kappa shape index (κ2) is 25.4. The van der Waals surface area contributed by atoms with Crippen molar-refractivity contribution in [1.29, 1.82) is 0 Å². The van der Waals surface area contributed by atoms with E-state index in [4.69, 9.17) is 9.47 Å². The van der Waals surface area contributed by atoms with E-state index in [-0.39, 0.29) is 54.1 Å². The van der Waals surface area contributed by atoms with Crippen molar-refractivity contribution >= 4 is 58.0 Å². The van der Waals surface area contributed by atoms with E-state index in [1.54, 1.807) is 60.7 Å². The van der Waals surface area contributed by atoms with Crippen molar-refractivity contribution in [2.75, 3.05) is 0 Å². The van der Waals surface area contributed by atoms with Crippen LogP contribution in [0.1, 0.15) is 115 Å². The molecule has 0 saturated heterocycles. The number of ether oxygens (including phenoxy) is 2. The molecule has 0 saturated carbocycles. The Morgan fingerprint density at radius 2 is 0.945 bits per heavy atom. The molecular formula is C42H54CaO10S2. The second-order valence-corrected chi connectivity index (χ2v) is 16.0. The first kappa shape index (κ1) is 48.3. The third kappa shape index (κ3) is 17.0. The smallest absolute Gasteiger partial charge is 0.870 e. The molecule has 10 nitrogen and oxygen atoms in total. The molecule has 0 radical (unpaired) electrons. The topological polar surface area (TPSA) is 173 Å². The van der Waals surface area contributed by atoms with Gasteiger partial charge in [0.1, 0.15) is 32.3 Å². The Balaban J connectivity index is 0.000000373. The summed E-state index contributed by atoms with van der Waals surface area (Å²) in [4.78, 5) is -0.873. The van der Waals surface area contributed by atoms with Crippen LogP contribution in [0.15, 0.2) is 94.7 Å². The van der Waals surface area contributed by atoms with Crippen molar-refractivity contribution in [3.63, 3.8) is 0 Å². The molecule has 4 rings (SSSR count). The molecule has 0 aliphatic rings. The molecule has 0 heterocycles. The third-order valence-electron chi connectivity index (χ3n) is 8.86. The van der Waals surface area contributed by atoms with Crippen LogP contribution in [0.25, 0.3) is 0 Å². The predicted octanol–water partition coefficient (Wildman–Crippen LogP) is 10.1. The van der Waals surface area contributed by atoms with Crippen molar-refractivity contribution < 1.29 is 45.6 Å². The summed E-state index contributed by atoms with van der Waals surface area (Å²) in [5.74, 6) is -0.884. The Labute approximate surface area is 357 Å². The zero-order valence-corrected chi connectivity index (χ0v) is 35.9. The number of aromatic hydroxyl groups is 1. The number of unbranched alkanes of at least 4 members (excludes halogenated alkanes) is 12. The number of phenolic OH excluding ortho intramolecular Hbond substituents is 1. The maximum Gasteiger partial charge on any atom is 2.00 e. The van der Waals surface area contributed by atoms with Crippen molar-refractivity contribution in [3.8, 4) is 34.5 Å². The average molecular weight is 823 g/mol. The van der Waals surface area contributed by atoms with Crippen LogP contribution in [0.3, 0.4) is 0 Å². The van der Waals surface area contributed by atoms with Crippen LogP contribution in [0.4, 0.5) is 0 Å². The molecule has 0 fully saturated rings. The summed E-state index contributed by atoms with van der Waals surface area (Å²) >= 11 is 0. The van der Waals surface area contributed by atoms with Crippen LogP contribution in [0.5, 0.6) is 34.5 Å². The van der Waals surface area contributed by atoms with Gasteiger partial charge in [0.05, 0.1) is 4.90 Å². The summed E-state index contributed by atoms with van der Waals surface area (Å²) in [6, 6.07) is 22.6. The molecule has 0 amide bonds. The molecule has 0 unspecified atom stereocenters. The number of hydrogen-bond donors (Lipinski definition) is 2. The Hall–Kier alpha value is -2.84. The largest absolute Gasteiger partial charge is 2.00 e. The quantitative estimate of drug-likeness (QED) is 0.0441. The van der Waals surface area contributed by atoms with E-state index >= 15 is 0 Å². The number of rotatable bonds is 22.